The first kappa shape index (κ1) is 11.4. The fraction of sp³-hybridized carbons (Fsp3) is 0.778. The summed E-state index contributed by atoms with van der Waals surface area (Å²) in [7, 11) is 0. The minimum Gasteiger partial charge on any atom is -0.460 e. The maximum absolute atomic E-state index is 10.4. The molecule has 3 heteroatoms. The van der Waals surface area contributed by atoms with E-state index < -0.39 is 0 Å². The van der Waals surface area contributed by atoms with E-state index in [1.807, 2.05) is 0 Å². The van der Waals surface area contributed by atoms with Crippen molar-refractivity contribution in [2.45, 2.75) is 32.8 Å². The molecule has 1 radical (unpaired) electrons. The number of ether oxygens (including phenoxy) is 2. The van der Waals surface area contributed by atoms with Crippen LogP contribution < -0.4 is 0 Å². The van der Waals surface area contributed by atoms with E-state index in [1.165, 1.54) is 6.92 Å². The van der Waals surface area contributed by atoms with E-state index in [1.54, 1.807) is 0 Å². The van der Waals surface area contributed by atoms with E-state index in [0.29, 0.717) is 13.2 Å². The molecule has 0 bridgehead atoms. The van der Waals surface area contributed by atoms with Crippen LogP contribution in [0.25, 0.3) is 0 Å². The lowest BCUT2D eigenvalue weighted by Crippen LogP contribution is -2.19. The molecule has 0 aromatic rings. The summed E-state index contributed by atoms with van der Waals surface area (Å²) in [5.41, 5.74) is 0. The van der Waals surface area contributed by atoms with Crippen molar-refractivity contribution in [2.75, 3.05) is 13.2 Å². The van der Waals surface area contributed by atoms with Gasteiger partial charge in [-0.2, -0.15) is 0 Å². The molecule has 12 heavy (non-hydrogen) atoms. The number of esters is 1. The third kappa shape index (κ3) is 7.54. The maximum atomic E-state index is 10.4. The van der Waals surface area contributed by atoms with Crippen molar-refractivity contribution >= 4 is 5.97 Å². The number of hydrogen-bond donors (Lipinski definition) is 0. The van der Waals surface area contributed by atoms with Gasteiger partial charge in [0.15, 0.2) is 0 Å². The minimum atomic E-state index is -0.376. The summed E-state index contributed by atoms with van der Waals surface area (Å²) in [5.74, 6) is -0.311. The Balaban J connectivity index is 3.19. The van der Waals surface area contributed by atoms with E-state index in [2.05, 4.69) is 13.8 Å². The van der Waals surface area contributed by atoms with Crippen LogP contribution in [0, 0.1) is 6.92 Å². The first-order chi connectivity index (χ1) is 5.66. The van der Waals surface area contributed by atoms with Crippen molar-refractivity contribution in [3.05, 3.63) is 6.92 Å². The summed E-state index contributed by atoms with van der Waals surface area (Å²) in [6, 6.07) is 0. The van der Waals surface area contributed by atoms with Gasteiger partial charge in [0.05, 0.1) is 6.61 Å². The number of rotatable bonds is 6. The van der Waals surface area contributed by atoms with Gasteiger partial charge in [-0.3, -0.25) is 4.79 Å². The zero-order valence-electron chi connectivity index (χ0n) is 7.84. The van der Waals surface area contributed by atoms with Crippen molar-refractivity contribution in [3.8, 4) is 0 Å². The van der Waals surface area contributed by atoms with Crippen LogP contribution in [0.15, 0.2) is 0 Å². The van der Waals surface area contributed by atoms with Gasteiger partial charge in [-0.25, -0.2) is 0 Å². The molecule has 0 aromatic carbocycles. The number of carbonyl (C=O) groups excluding carboxylic acids is 1. The smallest absolute Gasteiger partial charge is 0.302 e. The van der Waals surface area contributed by atoms with Crippen LogP contribution in [0.4, 0.5) is 0 Å². The highest BCUT2D eigenvalue weighted by molar-refractivity contribution is 5.66. The second-order valence-electron chi connectivity index (χ2n) is 2.66. The number of hydrogen-bond acceptors (Lipinski definition) is 3. The number of unbranched alkanes of at least 4 members (excludes halogenated alkanes) is 1. The zero-order valence-corrected chi connectivity index (χ0v) is 7.84. The lowest BCUT2D eigenvalue weighted by Gasteiger charge is -2.11. The van der Waals surface area contributed by atoms with Crippen LogP contribution in [0.1, 0.15) is 26.7 Å². The molecule has 0 saturated carbocycles. The largest absolute Gasteiger partial charge is 0.460 e. The quantitative estimate of drug-likeness (QED) is 0.452. The lowest BCUT2D eigenvalue weighted by atomic mass is 10.3. The summed E-state index contributed by atoms with van der Waals surface area (Å²) in [6.45, 7) is 8.17. The van der Waals surface area contributed by atoms with Crippen LogP contribution in [0.2, 0.25) is 0 Å². The summed E-state index contributed by atoms with van der Waals surface area (Å²) in [5, 5.41) is 0. The molecule has 0 saturated heterocycles. The van der Waals surface area contributed by atoms with Gasteiger partial charge in [0.2, 0.25) is 0 Å². The second kappa shape index (κ2) is 7.10. The Hall–Kier alpha value is -0.570. The molecule has 0 aliphatic heterocycles. The molecule has 1 atom stereocenters. The molecule has 0 fully saturated rings. The summed E-state index contributed by atoms with van der Waals surface area (Å²) >= 11 is 0. The normalized spacial score (nSPS) is 12.6. The van der Waals surface area contributed by atoms with Crippen molar-refractivity contribution < 1.29 is 14.3 Å². The molecule has 1 unspecified atom stereocenters. The molecule has 0 heterocycles. The van der Waals surface area contributed by atoms with E-state index in [0.717, 1.165) is 12.8 Å². The minimum absolute atomic E-state index is 0.311. The fourth-order valence-electron chi connectivity index (χ4n) is 0.730. The van der Waals surface area contributed by atoms with Crippen molar-refractivity contribution in [1.29, 1.82) is 0 Å². The Morgan fingerprint density at radius 2 is 2.25 bits per heavy atom. The first-order valence-corrected chi connectivity index (χ1v) is 4.24. The van der Waals surface area contributed by atoms with Crippen LogP contribution >= 0.6 is 0 Å². The van der Waals surface area contributed by atoms with E-state index >= 15 is 0 Å². The molecule has 0 aromatic heterocycles. The SMILES string of the molecule is [CH2]C(COCCCC)OC(C)=O. The van der Waals surface area contributed by atoms with Crippen molar-refractivity contribution in [2.24, 2.45) is 0 Å². The summed E-state index contributed by atoms with van der Waals surface area (Å²) in [6.07, 6.45) is 1.77. The van der Waals surface area contributed by atoms with Crippen LogP contribution in [0.3, 0.4) is 0 Å². The number of carbonyl (C=O) groups is 1. The monoisotopic (exact) mass is 173 g/mol. The molecule has 0 aliphatic carbocycles. The maximum Gasteiger partial charge on any atom is 0.302 e. The van der Waals surface area contributed by atoms with Gasteiger partial charge >= 0.3 is 5.97 Å². The van der Waals surface area contributed by atoms with Gasteiger partial charge in [-0.1, -0.05) is 13.3 Å². The van der Waals surface area contributed by atoms with E-state index in [9.17, 15) is 4.79 Å². The average molecular weight is 173 g/mol. The molecule has 0 amide bonds. The third-order valence-corrected chi connectivity index (χ3v) is 1.28. The molecule has 0 N–H and O–H groups in total. The van der Waals surface area contributed by atoms with Gasteiger partial charge in [-0.15, -0.1) is 0 Å². The molecular weight excluding hydrogens is 156 g/mol. The molecule has 0 rings (SSSR count). The Kier molecular flexibility index (Phi) is 6.76. The fourth-order valence-corrected chi connectivity index (χ4v) is 0.730. The molecular formula is C9H17O3. The third-order valence-electron chi connectivity index (χ3n) is 1.28. The average Bonchev–Trinajstić information content (AvgIpc) is 1.97. The molecule has 0 aliphatic rings. The summed E-state index contributed by atoms with van der Waals surface area (Å²) < 4.78 is 9.95. The van der Waals surface area contributed by atoms with Gasteiger partial charge in [0.25, 0.3) is 0 Å². The van der Waals surface area contributed by atoms with E-state index in [4.69, 9.17) is 9.47 Å². The van der Waals surface area contributed by atoms with Crippen molar-refractivity contribution in [1.82, 2.24) is 0 Å². The summed E-state index contributed by atoms with van der Waals surface area (Å²) in [4.78, 5) is 10.4. The highest BCUT2D eigenvalue weighted by atomic mass is 16.6. The Labute approximate surface area is 74.0 Å². The van der Waals surface area contributed by atoms with E-state index in [-0.39, 0.29) is 12.1 Å². The molecule has 0 spiro atoms. The highest BCUT2D eigenvalue weighted by Gasteiger charge is 2.04. The Morgan fingerprint density at radius 1 is 1.58 bits per heavy atom. The van der Waals surface area contributed by atoms with Crippen molar-refractivity contribution in [3.63, 3.8) is 0 Å². The first-order valence-electron chi connectivity index (χ1n) is 4.24. The predicted octanol–water partition coefficient (Wildman–Crippen LogP) is 1.57. The van der Waals surface area contributed by atoms with Gasteiger partial charge < -0.3 is 9.47 Å². The Morgan fingerprint density at radius 3 is 2.75 bits per heavy atom. The Bertz CT molecular complexity index is 123. The predicted molar refractivity (Wildman–Crippen MR) is 46.6 cm³/mol. The highest BCUT2D eigenvalue weighted by Crippen LogP contribution is 1.94. The molecule has 71 valence electrons. The zero-order chi connectivity index (χ0) is 9.40. The van der Waals surface area contributed by atoms with Crippen LogP contribution in [0.5, 0.6) is 0 Å². The lowest BCUT2D eigenvalue weighted by molar-refractivity contribution is -0.146. The van der Waals surface area contributed by atoms with Crippen LogP contribution in [-0.4, -0.2) is 25.3 Å². The molecule has 3 nitrogen and oxygen atoms in total. The van der Waals surface area contributed by atoms with Gasteiger partial charge in [0.1, 0.15) is 6.10 Å². The second-order valence-corrected chi connectivity index (χ2v) is 2.66. The standard InChI is InChI=1S/C9H17O3/c1-4-5-6-11-7-8(2)12-9(3)10/h8H,2,4-7H2,1,3H3. The topological polar surface area (TPSA) is 35.5 Å². The van der Waals surface area contributed by atoms with Crippen LogP contribution in [-0.2, 0) is 14.3 Å². The van der Waals surface area contributed by atoms with Gasteiger partial charge in [-0.05, 0) is 13.3 Å². The van der Waals surface area contributed by atoms with Gasteiger partial charge in [0, 0.05) is 13.5 Å².